The second-order valence-electron chi connectivity index (χ2n) is 8.31. The molecule has 0 bridgehead atoms. The standard InChI is InChI=1S/C30H20N4O2S/c35-28(21-14-6-2-7-15-21)33-30-32-25(20-12-4-1-5-13-20)26(37-30)27-31-24-19-11-10-18-23(24)29(36)34(27)22-16-8-3-9-17-22/h1-19H,(H,32,33,35). The lowest BCUT2D eigenvalue weighted by Gasteiger charge is -2.13. The average Bonchev–Trinajstić information content (AvgIpc) is 3.38. The molecule has 0 spiro atoms. The molecule has 6 nitrogen and oxygen atoms in total. The van der Waals surface area contributed by atoms with Crippen LogP contribution in [0.4, 0.5) is 5.13 Å². The van der Waals surface area contributed by atoms with Crippen molar-refractivity contribution in [2.45, 2.75) is 0 Å². The van der Waals surface area contributed by atoms with E-state index in [9.17, 15) is 9.59 Å². The van der Waals surface area contributed by atoms with Gasteiger partial charge in [0.25, 0.3) is 11.5 Å². The summed E-state index contributed by atoms with van der Waals surface area (Å²) in [7, 11) is 0. The fourth-order valence-electron chi connectivity index (χ4n) is 4.18. The quantitative estimate of drug-likeness (QED) is 0.296. The number of benzene rings is 4. The number of amides is 1. The van der Waals surface area contributed by atoms with Crippen LogP contribution in [0, 0.1) is 0 Å². The molecule has 2 heterocycles. The Balaban J connectivity index is 1.59. The highest BCUT2D eigenvalue weighted by atomic mass is 32.1. The summed E-state index contributed by atoms with van der Waals surface area (Å²) in [6.07, 6.45) is 0. The average molecular weight is 501 g/mol. The summed E-state index contributed by atoms with van der Waals surface area (Å²) in [4.78, 5) is 37.1. The summed E-state index contributed by atoms with van der Waals surface area (Å²) in [5, 5.41) is 3.87. The van der Waals surface area contributed by atoms with E-state index in [2.05, 4.69) is 5.32 Å². The minimum atomic E-state index is -0.257. The van der Waals surface area contributed by atoms with Crippen LogP contribution in [-0.2, 0) is 0 Å². The van der Waals surface area contributed by atoms with Gasteiger partial charge in [-0.1, -0.05) is 90.2 Å². The minimum absolute atomic E-state index is 0.172. The molecular weight excluding hydrogens is 480 g/mol. The smallest absolute Gasteiger partial charge is 0.266 e. The fourth-order valence-corrected chi connectivity index (χ4v) is 5.14. The fraction of sp³-hybridized carbons (Fsp3) is 0. The predicted octanol–water partition coefficient (Wildman–Crippen LogP) is 6.43. The molecule has 0 saturated heterocycles. The molecule has 7 heteroatoms. The number of hydrogen-bond donors (Lipinski definition) is 1. The third-order valence-electron chi connectivity index (χ3n) is 5.92. The molecule has 37 heavy (non-hydrogen) atoms. The minimum Gasteiger partial charge on any atom is -0.298 e. The van der Waals surface area contributed by atoms with Gasteiger partial charge in [-0.2, -0.15) is 0 Å². The van der Waals surface area contributed by atoms with Crippen LogP contribution in [0.25, 0.3) is 38.5 Å². The van der Waals surface area contributed by atoms with Crippen molar-refractivity contribution in [3.63, 3.8) is 0 Å². The molecule has 4 aromatic carbocycles. The van der Waals surface area contributed by atoms with E-state index in [1.54, 1.807) is 22.8 Å². The van der Waals surface area contributed by atoms with Gasteiger partial charge in [-0.05, 0) is 36.4 Å². The molecule has 1 amide bonds. The summed E-state index contributed by atoms with van der Waals surface area (Å²) < 4.78 is 1.62. The van der Waals surface area contributed by atoms with E-state index in [1.807, 2.05) is 97.1 Å². The molecule has 178 valence electrons. The number of nitrogens with one attached hydrogen (secondary N) is 1. The van der Waals surface area contributed by atoms with Crippen LogP contribution < -0.4 is 10.9 Å². The highest BCUT2D eigenvalue weighted by Crippen LogP contribution is 2.39. The normalized spacial score (nSPS) is 10.9. The second kappa shape index (κ2) is 9.64. The van der Waals surface area contributed by atoms with Crippen molar-refractivity contribution < 1.29 is 4.79 Å². The van der Waals surface area contributed by atoms with Crippen molar-refractivity contribution in [2.24, 2.45) is 0 Å². The van der Waals surface area contributed by atoms with Crippen molar-refractivity contribution in [2.75, 3.05) is 5.32 Å². The molecule has 0 aliphatic carbocycles. The summed E-state index contributed by atoms with van der Waals surface area (Å²) in [5.74, 6) is 0.207. The molecule has 0 atom stereocenters. The van der Waals surface area contributed by atoms with E-state index >= 15 is 0 Å². The molecule has 6 aromatic rings. The number of thiazole rings is 1. The van der Waals surface area contributed by atoms with E-state index in [-0.39, 0.29) is 11.5 Å². The van der Waals surface area contributed by atoms with E-state index in [0.29, 0.717) is 43.7 Å². The van der Waals surface area contributed by atoms with Gasteiger partial charge in [0, 0.05) is 11.1 Å². The highest BCUT2D eigenvalue weighted by molar-refractivity contribution is 7.19. The molecule has 2 aromatic heterocycles. The van der Waals surface area contributed by atoms with Gasteiger partial charge in [0.15, 0.2) is 11.0 Å². The zero-order chi connectivity index (χ0) is 25.2. The Morgan fingerprint density at radius 3 is 2.08 bits per heavy atom. The number of carbonyl (C=O) groups excluding carboxylic acids is 1. The van der Waals surface area contributed by atoms with Gasteiger partial charge in [-0.15, -0.1) is 0 Å². The molecule has 6 rings (SSSR count). The van der Waals surface area contributed by atoms with Gasteiger partial charge in [0.05, 0.1) is 22.3 Å². The van der Waals surface area contributed by atoms with Crippen LogP contribution in [0.3, 0.4) is 0 Å². The van der Waals surface area contributed by atoms with Gasteiger partial charge in [-0.3, -0.25) is 19.5 Å². The number of anilines is 1. The summed E-state index contributed by atoms with van der Waals surface area (Å²) >= 11 is 1.29. The first-order valence-corrected chi connectivity index (χ1v) is 12.5. The molecule has 0 aliphatic rings. The summed E-state index contributed by atoms with van der Waals surface area (Å²) in [6, 6.07) is 35.4. The zero-order valence-corrected chi connectivity index (χ0v) is 20.4. The molecule has 0 saturated carbocycles. The van der Waals surface area contributed by atoms with Crippen LogP contribution in [0.15, 0.2) is 120 Å². The number of carbonyl (C=O) groups is 1. The monoisotopic (exact) mass is 500 g/mol. The number of nitrogens with zero attached hydrogens (tertiary/aromatic N) is 3. The van der Waals surface area contributed by atoms with Crippen LogP contribution in [-0.4, -0.2) is 20.4 Å². The molecule has 0 aliphatic heterocycles. The first kappa shape index (κ1) is 22.6. The third-order valence-corrected chi connectivity index (χ3v) is 6.89. The number of hydrogen-bond acceptors (Lipinski definition) is 5. The van der Waals surface area contributed by atoms with E-state index in [1.165, 1.54) is 11.3 Å². The van der Waals surface area contributed by atoms with Gasteiger partial charge in [-0.25, -0.2) is 9.97 Å². The van der Waals surface area contributed by atoms with Gasteiger partial charge in [0.2, 0.25) is 0 Å². The SMILES string of the molecule is O=C(Nc1nc(-c2ccccc2)c(-c2nc3ccccc3c(=O)n2-c2ccccc2)s1)c1ccccc1. The van der Waals surface area contributed by atoms with Crippen molar-refractivity contribution in [1.29, 1.82) is 0 Å². The Labute approximate surface area is 216 Å². The molecule has 0 fully saturated rings. The Hall–Kier alpha value is -4.88. The summed E-state index contributed by atoms with van der Waals surface area (Å²) in [6.45, 7) is 0. The van der Waals surface area contributed by atoms with Crippen LogP contribution in [0.2, 0.25) is 0 Å². The maximum absolute atomic E-state index is 13.8. The lowest BCUT2D eigenvalue weighted by Crippen LogP contribution is -2.21. The molecule has 1 N–H and O–H groups in total. The maximum Gasteiger partial charge on any atom is 0.266 e. The predicted molar refractivity (Wildman–Crippen MR) is 148 cm³/mol. The van der Waals surface area contributed by atoms with Crippen molar-refractivity contribution in [3.05, 3.63) is 131 Å². The van der Waals surface area contributed by atoms with Crippen LogP contribution in [0.5, 0.6) is 0 Å². The number of fused-ring (bicyclic) bond motifs is 1. The Bertz CT molecular complexity index is 1780. The highest BCUT2D eigenvalue weighted by Gasteiger charge is 2.23. The molecule has 0 unspecified atom stereocenters. The Morgan fingerprint density at radius 2 is 1.35 bits per heavy atom. The first-order chi connectivity index (χ1) is 18.2. The third kappa shape index (κ3) is 4.32. The zero-order valence-electron chi connectivity index (χ0n) is 19.5. The van der Waals surface area contributed by atoms with E-state index < -0.39 is 0 Å². The molecular formula is C30H20N4O2S. The first-order valence-electron chi connectivity index (χ1n) is 11.7. The lowest BCUT2D eigenvalue weighted by atomic mass is 10.1. The van der Waals surface area contributed by atoms with Crippen LogP contribution in [0.1, 0.15) is 10.4 Å². The van der Waals surface area contributed by atoms with Crippen molar-refractivity contribution >= 4 is 33.3 Å². The number of aromatic nitrogens is 3. The maximum atomic E-state index is 13.8. The van der Waals surface area contributed by atoms with E-state index in [0.717, 1.165) is 5.56 Å². The van der Waals surface area contributed by atoms with Crippen molar-refractivity contribution in [1.82, 2.24) is 14.5 Å². The number of rotatable bonds is 5. The van der Waals surface area contributed by atoms with Crippen LogP contribution >= 0.6 is 11.3 Å². The van der Waals surface area contributed by atoms with E-state index in [4.69, 9.17) is 9.97 Å². The summed E-state index contributed by atoms with van der Waals surface area (Å²) in [5.41, 5.74) is 3.15. The Kier molecular flexibility index (Phi) is 5.88. The topological polar surface area (TPSA) is 76.9 Å². The van der Waals surface area contributed by atoms with Gasteiger partial charge in [0.1, 0.15) is 4.88 Å². The van der Waals surface area contributed by atoms with Crippen molar-refractivity contribution in [3.8, 4) is 27.6 Å². The van der Waals surface area contributed by atoms with Gasteiger partial charge >= 0.3 is 0 Å². The lowest BCUT2D eigenvalue weighted by molar-refractivity contribution is 0.102. The largest absolute Gasteiger partial charge is 0.298 e. The van der Waals surface area contributed by atoms with Gasteiger partial charge < -0.3 is 0 Å². The molecule has 0 radical (unpaired) electrons. The number of para-hydroxylation sites is 2. The Morgan fingerprint density at radius 1 is 0.730 bits per heavy atom. The second-order valence-corrected chi connectivity index (χ2v) is 9.31.